The number of anilines is 1. The lowest BCUT2D eigenvalue weighted by Crippen LogP contribution is -2.33. The Morgan fingerprint density at radius 1 is 1.75 bits per heavy atom. The van der Waals surface area contributed by atoms with E-state index in [1.807, 2.05) is 6.92 Å². The first-order valence-corrected chi connectivity index (χ1v) is 5.09. The average molecular weight is 220 g/mol. The highest BCUT2D eigenvalue weighted by Gasteiger charge is 2.19. The van der Waals surface area contributed by atoms with Crippen LogP contribution in [0.3, 0.4) is 0 Å². The van der Waals surface area contributed by atoms with Crippen molar-refractivity contribution in [2.24, 2.45) is 7.05 Å². The fraction of sp³-hybridized carbons (Fsp3) is 0.455. The molecule has 0 saturated carbocycles. The summed E-state index contributed by atoms with van der Waals surface area (Å²) in [5.74, 6) is 2.13. The average Bonchev–Trinajstić information content (AvgIpc) is 2.53. The van der Waals surface area contributed by atoms with Crippen LogP contribution in [0, 0.1) is 12.3 Å². The number of nitrogens with one attached hydrogen (secondary N) is 1. The summed E-state index contributed by atoms with van der Waals surface area (Å²) in [6, 6.07) is -0.327. The van der Waals surface area contributed by atoms with Gasteiger partial charge in [0.05, 0.1) is 17.4 Å². The van der Waals surface area contributed by atoms with E-state index in [9.17, 15) is 4.79 Å². The molecular weight excluding hydrogens is 204 g/mol. The molecule has 0 aliphatic heterocycles. The van der Waals surface area contributed by atoms with Crippen molar-refractivity contribution in [2.75, 3.05) is 5.73 Å². The lowest BCUT2D eigenvalue weighted by molar-refractivity contribution is 0.0939. The molecule has 5 nitrogen and oxygen atoms in total. The molecule has 1 heterocycles. The highest BCUT2D eigenvalue weighted by molar-refractivity contribution is 5.98. The smallest absolute Gasteiger partial charge is 0.272 e. The van der Waals surface area contributed by atoms with Gasteiger partial charge in [-0.3, -0.25) is 9.48 Å². The third-order valence-corrected chi connectivity index (χ3v) is 2.31. The van der Waals surface area contributed by atoms with Gasteiger partial charge in [-0.2, -0.15) is 5.10 Å². The number of carbonyl (C=O) groups excluding carboxylic acids is 1. The van der Waals surface area contributed by atoms with Crippen LogP contribution in [-0.2, 0) is 13.5 Å². The Kier molecular flexibility index (Phi) is 3.56. The first-order valence-electron chi connectivity index (χ1n) is 5.09. The number of aryl methyl sites for hydroxylation is 2. The van der Waals surface area contributed by atoms with E-state index in [1.165, 1.54) is 4.68 Å². The molecule has 0 aliphatic carbocycles. The number of hydrogen-bond acceptors (Lipinski definition) is 3. The van der Waals surface area contributed by atoms with Gasteiger partial charge in [0.25, 0.3) is 5.91 Å². The molecule has 0 fully saturated rings. The van der Waals surface area contributed by atoms with Crippen molar-refractivity contribution in [2.45, 2.75) is 26.3 Å². The van der Waals surface area contributed by atoms with Gasteiger partial charge in [-0.1, -0.05) is 12.8 Å². The number of rotatable bonds is 3. The summed E-state index contributed by atoms with van der Waals surface area (Å²) in [5.41, 5.74) is 7.34. The van der Waals surface area contributed by atoms with Crippen LogP contribution in [0.2, 0.25) is 0 Å². The number of nitrogens with two attached hydrogens (primary N) is 1. The number of nitrogen functional groups attached to an aromatic ring is 1. The molecule has 1 aromatic rings. The topological polar surface area (TPSA) is 72.9 Å². The third-order valence-electron chi connectivity index (χ3n) is 2.31. The summed E-state index contributed by atoms with van der Waals surface area (Å²) in [7, 11) is 1.69. The van der Waals surface area contributed by atoms with Crippen molar-refractivity contribution < 1.29 is 4.79 Å². The summed E-state index contributed by atoms with van der Waals surface area (Å²) >= 11 is 0. The van der Waals surface area contributed by atoms with Crippen molar-refractivity contribution in [3.63, 3.8) is 0 Å². The van der Waals surface area contributed by atoms with Crippen LogP contribution in [0.15, 0.2) is 0 Å². The Hall–Kier alpha value is -1.96. The lowest BCUT2D eigenvalue weighted by Gasteiger charge is -2.08. The summed E-state index contributed by atoms with van der Waals surface area (Å²) in [4.78, 5) is 11.8. The number of terminal acetylenes is 1. The molecule has 0 spiro atoms. The predicted octanol–water partition coefficient (Wildman–Crippen LogP) is 0.316. The molecule has 0 bridgehead atoms. The summed E-state index contributed by atoms with van der Waals surface area (Å²) < 4.78 is 1.48. The van der Waals surface area contributed by atoms with Crippen molar-refractivity contribution >= 4 is 11.6 Å². The van der Waals surface area contributed by atoms with Gasteiger partial charge in [0.2, 0.25) is 0 Å². The number of carbonyl (C=O) groups is 1. The molecule has 3 N–H and O–H groups in total. The fourth-order valence-corrected chi connectivity index (χ4v) is 1.43. The maximum atomic E-state index is 11.8. The fourth-order valence-electron chi connectivity index (χ4n) is 1.43. The number of nitrogens with zero attached hydrogens (tertiary/aromatic N) is 2. The van der Waals surface area contributed by atoms with Crippen LogP contribution >= 0.6 is 0 Å². The van der Waals surface area contributed by atoms with E-state index >= 15 is 0 Å². The minimum Gasteiger partial charge on any atom is -0.395 e. The van der Waals surface area contributed by atoms with Crippen LogP contribution in [0.4, 0.5) is 5.69 Å². The van der Waals surface area contributed by atoms with Gasteiger partial charge in [0.15, 0.2) is 0 Å². The van der Waals surface area contributed by atoms with Crippen LogP contribution in [0.1, 0.15) is 30.0 Å². The minimum atomic E-state index is -0.327. The van der Waals surface area contributed by atoms with E-state index < -0.39 is 0 Å². The second-order valence-electron chi connectivity index (χ2n) is 3.55. The molecule has 0 radical (unpaired) electrons. The van der Waals surface area contributed by atoms with E-state index in [2.05, 4.69) is 16.3 Å². The molecule has 1 amide bonds. The number of amides is 1. The number of aromatic nitrogens is 2. The van der Waals surface area contributed by atoms with Gasteiger partial charge in [0.1, 0.15) is 5.69 Å². The summed E-state index contributed by atoms with van der Waals surface area (Å²) in [5, 5.41) is 6.81. The standard InChI is InChI=1S/C11H16N4O/c1-5-7(3)13-11(16)10-9(12)8(6-2)14-15(10)4/h1,7H,6,12H2,2-4H3,(H,13,16). The number of hydrogen-bond donors (Lipinski definition) is 2. The van der Waals surface area contributed by atoms with Gasteiger partial charge < -0.3 is 11.1 Å². The molecular formula is C11H16N4O. The Morgan fingerprint density at radius 3 is 2.81 bits per heavy atom. The Balaban J connectivity index is 3.00. The Labute approximate surface area is 95.0 Å². The Bertz CT molecular complexity index is 442. The van der Waals surface area contributed by atoms with E-state index in [4.69, 9.17) is 12.2 Å². The molecule has 0 saturated heterocycles. The maximum absolute atomic E-state index is 11.8. The maximum Gasteiger partial charge on any atom is 0.272 e. The van der Waals surface area contributed by atoms with Gasteiger partial charge in [-0.25, -0.2) is 0 Å². The molecule has 1 aromatic heterocycles. The zero-order valence-electron chi connectivity index (χ0n) is 9.74. The minimum absolute atomic E-state index is 0.294. The van der Waals surface area contributed by atoms with E-state index in [-0.39, 0.29) is 11.9 Å². The van der Waals surface area contributed by atoms with Crippen molar-refractivity contribution in [3.05, 3.63) is 11.4 Å². The van der Waals surface area contributed by atoms with Crippen molar-refractivity contribution in [1.29, 1.82) is 0 Å². The molecule has 1 rings (SSSR count). The monoisotopic (exact) mass is 220 g/mol. The summed E-state index contributed by atoms with van der Waals surface area (Å²) in [6.45, 7) is 3.66. The van der Waals surface area contributed by atoms with Gasteiger partial charge in [-0.05, 0) is 13.3 Å². The van der Waals surface area contributed by atoms with Crippen LogP contribution in [0.25, 0.3) is 0 Å². The second-order valence-corrected chi connectivity index (χ2v) is 3.55. The molecule has 0 aromatic carbocycles. The van der Waals surface area contributed by atoms with Crippen LogP contribution < -0.4 is 11.1 Å². The quantitative estimate of drug-likeness (QED) is 0.720. The highest BCUT2D eigenvalue weighted by atomic mass is 16.2. The molecule has 1 unspecified atom stereocenters. The molecule has 5 heteroatoms. The SMILES string of the molecule is C#CC(C)NC(=O)c1c(N)c(CC)nn1C. The first-order chi connectivity index (χ1) is 7.51. The normalized spacial score (nSPS) is 11.9. The highest BCUT2D eigenvalue weighted by Crippen LogP contribution is 2.16. The van der Waals surface area contributed by atoms with E-state index in [0.717, 1.165) is 5.69 Å². The third kappa shape index (κ3) is 2.16. The zero-order chi connectivity index (χ0) is 12.3. The van der Waals surface area contributed by atoms with Gasteiger partial charge in [-0.15, -0.1) is 6.42 Å². The van der Waals surface area contributed by atoms with Crippen LogP contribution in [-0.4, -0.2) is 21.7 Å². The van der Waals surface area contributed by atoms with Crippen molar-refractivity contribution in [3.8, 4) is 12.3 Å². The van der Waals surface area contributed by atoms with Gasteiger partial charge >= 0.3 is 0 Å². The first kappa shape index (κ1) is 12.1. The zero-order valence-corrected chi connectivity index (χ0v) is 9.74. The second kappa shape index (κ2) is 4.71. The largest absolute Gasteiger partial charge is 0.395 e. The summed E-state index contributed by atoms with van der Waals surface area (Å²) in [6.07, 6.45) is 5.88. The molecule has 1 atom stereocenters. The molecule has 16 heavy (non-hydrogen) atoms. The molecule has 86 valence electrons. The lowest BCUT2D eigenvalue weighted by atomic mass is 10.2. The van der Waals surface area contributed by atoms with Gasteiger partial charge in [0, 0.05) is 7.05 Å². The van der Waals surface area contributed by atoms with E-state index in [1.54, 1.807) is 14.0 Å². The van der Waals surface area contributed by atoms with E-state index in [0.29, 0.717) is 17.8 Å². The predicted molar refractivity (Wildman–Crippen MR) is 62.8 cm³/mol. The molecule has 0 aliphatic rings. The van der Waals surface area contributed by atoms with Crippen LogP contribution in [0.5, 0.6) is 0 Å². The van der Waals surface area contributed by atoms with Crippen molar-refractivity contribution in [1.82, 2.24) is 15.1 Å². The Morgan fingerprint density at radius 2 is 2.38 bits per heavy atom.